The van der Waals surface area contributed by atoms with Crippen LogP contribution < -0.4 is 16.0 Å². The highest BCUT2D eigenvalue weighted by Crippen LogP contribution is 2.43. The number of hydrogen-bond donors (Lipinski definition) is 1. The molecule has 0 unspecified atom stereocenters. The molecule has 2 fully saturated rings. The van der Waals surface area contributed by atoms with Crippen LogP contribution in [-0.4, -0.2) is 41.1 Å². The summed E-state index contributed by atoms with van der Waals surface area (Å²) in [6, 6.07) is 13.6. The number of ether oxygens (including phenoxy) is 1. The topological polar surface area (TPSA) is 77.6 Å². The Morgan fingerprint density at radius 2 is 1.91 bits per heavy atom. The molecule has 1 aromatic carbocycles. The molecule has 7 heteroatoms. The fourth-order valence-corrected chi connectivity index (χ4v) is 6.05. The van der Waals surface area contributed by atoms with Crippen molar-refractivity contribution in [2.45, 2.75) is 56.0 Å². The number of aromatic nitrogens is 1. The maximum atomic E-state index is 13.4. The number of nitrogens with two attached hydrogens (primary N) is 1. The predicted octanol–water partition coefficient (Wildman–Crippen LogP) is 3.28. The Hall–Kier alpha value is -2.31. The number of nitrogens with zero attached hydrogens (tertiary/aromatic N) is 2. The molecule has 3 heterocycles. The van der Waals surface area contributed by atoms with Crippen LogP contribution in [0.1, 0.15) is 55.3 Å². The first-order valence-corrected chi connectivity index (χ1v) is 11.4. The molecule has 1 aliphatic carbocycles. The molecule has 2 aliphatic heterocycles. The molecule has 3 atom stereocenters. The van der Waals surface area contributed by atoms with E-state index >= 15 is 0 Å². The number of hydrogen-bond acceptors (Lipinski definition) is 4. The number of fused-ring (bicyclic) bond motifs is 4. The molecule has 6 nitrogen and oxygen atoms in total. The van der Waals surface area contributed by atoms with E-state index in [9.17, 15) is 9.59 Å². The maximum Gasteiger partial charge on any atom is 0.251 e. The number of likely N-dealkylation sites (tertiary alicyclic amines) is 1. The standard InChI is InChI=1S/C25H31N3O3.ClH/c1-31-20-7-4-6-17(12-20)13-22-19-14-18(21-8-5-9-23(29)28(21)22)15-27(16-19)24(30)25(26)10-2-3-11-25;/h4-9,12,18-19,22H,2-3,10-11,13-16,26H2,1H3;1H/t18-,19+,22+;/m1./s1. The van der Waals surface area contributed by atoms with E-state index in [-0.39, 0.29) is 41.8 Å². The van der Waals surface area contributed by atoms with Crippen LogP contribution in [0.15, 0.2) is 47.3 Å². The number of halogens is 1. The SMILES string of the molecule is COc1cccc(C[C@H]2[C@H]3C[C@H](CN(C(=O)C4(N)CCCC4)C3)c3cccc(=O)n32)c1.Cl. The lowest BCUT2D eigenvalue weighted by molar-refractivity contribution is -0.140. The molecule has 0 spiro atoms. The summed E-state index contributed by atoms with van der Waals surface area (Å²) in [5.41, 5.74) is 8.06. The van der Waals surface area contributed by atoms with Gasteiger partial charge in [-0.2, -0.15) is 0 Å². The Morgan fingerprint density at radius 1 is 1.16 bits per heavy atom. The maximum absolute atomic E-state index is 13.4. The molecule has 1 saturated heterocycles. The third-order valence-electron chi connectivity index (χ3n) is 7.59. The first-order valence-electron chi connectivity index (χ1n) is 11.4. The van der Waals surface area contributed by atoms with Crippen molar-refractivity contribution >= 4 is 18.3 Å². The first-order chi connectivity index (χ1) is 15.0. The van der Waals surface area contributed by atoms with Gasteiger partial charge in [-0.3, -0.25) is 9.59 Å². The Labute approximate surface area is 195 Å². The van der Waals surface area contributed by atoms with Crippen LogP contribution in [0, 0.1) is 5.92 Å². The van der Waals surface area contributed by atoms with Crippen molar-refractivity contribution in [2.24, 2.45) is 11.7 Å². The van der Waals surface area contributed by atoms with Crippen molar-refractivity contribution in [3.05, 3.63) is 64.1 Å². The van der Waals surface area contributed by atoms with Crippen LogP contribution in [0.4, 0.5) is 0 Å². The summed E-state index contributed by atoms with van der Waals surface area (Å²) in [6.07, 6.45) is 5.35. The van der Waals surface area contributed by atoms with E-state index in [2.05, 4.69) is 12.1 Å². The van der Waals surface area contributed by atoms with Gasteiger partial charge in [0.2, 0.25) is 5.91 Å². The van der Waals surface area contributed by atoms with E-state index in [1.54, 1.807) is 13.2 Å². The van der Waals surface area contributed by atoms with Crippen LogP contribution in [0.2, 0.25) is 0 Å². The van der Waals surface area contributed by atoms with Gasteiger partial charge in [-0.15, -0.1) is 12.4 Å². The molecule has 32 heavy (non-hydrogen) atoms. The highest BCUT2D eigenvalue weighted by molar-refractivity contribution is 5.86. The summed E-state index contributed by atoms with van der Waals surface area (Å²) in [5, 5.41) is 0. The molecule has 5 rings (SSSR count). The summed E-state index contributed by atoms with van der Waals surface area (Å²) in [5.74, 6) is 1.33. The lowest BCUT2D eigenvalue weighted by atomic mass is 9.76. The Bertz CT molecular complexity index is 1050. The van der Waals surface area contributed by atoms with Crippen LogP contribution in [0.5, 0.6) is 5.75 Å². The van der Waals surface area contributed by atoms with Gasteiger partial charge in [0.15, 0.2) is 0 Å². The molecule has 0 radical (unpaired) electrons. The number of carbonyl (C=O) groups excluding carboxylic acids is 1. The normalized spacial score (nSPS) is 25.6. The summed E-state index contributed by atoms with van der Waals surface area (Å²) in [7, 11) is 1.67. The van der Waals surface area contributed by atoms with Gasteiger partial charge in [-0.1, -0.05) is 31.0 Å². The fraction of sp³-hybridized carbons (Fsp3) is 0.520. The van der Waals surface area contributed by atoms with Gasteiger partial charge in [0.05, 0.1) is 12.6 Å². The quantitative estimate of drug-likeness (QED) is 0.764. The summed E-state index contributed by atoms with van der Waals surface area (Å²) >= 11 is 0. The molecule has 1 amide bonds. The van der Waals surface area contributed by atoms with Crippen LogP contribution in [0.25, 0.3) is 0 Å². The Kier molecular flexibility index (Phi) is 6.37. The van der Waals surface area contributed by atoms with Crippen LogP contribution in [-0.2, 0) is 11.2 Å². The van der Waals surface area contributed by atoms with Gasteiger partial charge >= 0.3 is 0 Å². The van der Waals surface area contributed by atoms with E-state index in [4.69, 9.17) is 10.5 Å². The zero-order valence-electron chi connectivity index (χ0n) is 18.5. The average molecular weight is 458 g/mol. The number of amides is 1. The molecule has 2 bridgehead atoms. The number of piperidine rings is 1. The van der Waals surface area contributed by atoms with E-state index < -0.39 is 5.54 Å². The molecule has 1 aromatic heterocycles. The number of benzene rings is 1. The smallest absolute Gasteiger partial charge is 0.251 e. The Balaban J connectivity index is 0.00000245. The van der Waals surface area contributed by atoms with Gasteiger partial charge in [0, 0.05) is 36.8 Å². The summed E-state index contributed by atoms with van der Waals surface area (Å²) < 4.78 is 7.39. The van der Waals surface area contributed by atoms with Crippen molar-refractivity contribution in [3.63, 3.8) is 0 Å². The molecule has 3 aliphatic rings. The second-order valence-electron chi connectivity index (χ2n) is 9.55. The van der Waals surface area contributed by atoms with E-state index in [0.29, 0.717) is 13.1 Å². The molecule has 1 saturated carbocycles. The lowest BCUT2D eigenvalue weighted by Crippen LogP contribution is -2.59. The third-order valence-corrected chi connectivity index (χ3v) is 7.59. The minimum absolute atomic E-state index is 0. The summed E-state index contributed by atoms with van der Waals surface area (Å²) in [4.78, 5) is 28.3. The van der Waals surface area contributed by atoms with Crippen LogP contribution >= 0.6 is 12.4 Å². The molecular weight excluding hydrogens is 426 g/mol. The van der Waals surface area contributed by atoms with Crippen molar-refractivity contribution in [3.8, 4) is 5.75 Å². The molecule has 2 aromatic rings. The van der Waals surface area contributed by atoms with Crippen LogP contribution in [0.3, 0.4) is 0 Å². The lowest BCUT2D eigenvalue weighted by Gasteiger charge is -2.48. The highest BCUT2D eigenvalue weighted by Gasteiger charge is 2.46. The van der Waals surface area contributed by atoms with Crippen molar-refractivity contribution in [1.29, 1.82) is 0 Å². The number of rotatable bonds is 4. The Morgan fingerprint density at radius 3 is 2.66 bits per heavy atom. The largest absolute Gasteiger partial charge is 0.497 e. The predicted molar refractivity (Wildman–Crippen MR) is 126 cm³/mol. The van der Waals surface area contributed by atoms with Crippen molar-refractivity contribution < 1.29 is 9.53 Å². The minimum atomic E-state index is -0.704. The summed E-state index contributed by atoms with van der Waals surface area (Å²) in [6.45, 7) is 1.33. The van der Waals surface area contributed by atoms with Gasteiger partial charge in [0.1, 0.15) is 5.75 Å². The fourth-order valence-electron chi connectivity index (χ4n) is 6.05. The number of pyridine rings is 1. The second kappa shape index (κ2) is 8.91. The van der Waals surface area contributed by atoms with Gasteiger partial charge < -0.3 is 19.9 Å². The third kappa shape index (κ3) is 3.95. The van der Waals surface area contributed by atoms with Crippen molar-refractivity contribution in [2.75, 3.05) is 20.2 Å². The van der Waals surface area contributed by atoms with Crippen molar-refractivity contribution in [1.82, 2.24) is 9.47 Å². The number of carbonyl (C=O) groups is 1. The zero-order chi connectivity index (χ0) is 21.6. The monoisotopic (exact) mass is 457 g/mol. The average Bonchev–Trinajstić information content (AvgIpc) is 3.24. The first kappa shape index (κ1) is 22.9. The van der Waals surface area contributed by atoms with E-state index in [1.807, 2.05) is 33.7 Å². The zero-order valence-corrected chi connectivity index (χ0v) is 19.4. The van der Waals surface area contributed by atoms with Gasteiger partial charge in [0.25, 0.3) is 5.56 Å². The molecular formula is C25H32ClN3O3. The highest BCUT2D eigenvalue weighted by atomic mass is 35.5. The van der Waals surface area contributed by atoms with E-state index in [1.165, 1.54) is 0 Å². The minimum Gasteiger partial charge on any atom is -0.497 e. The second-order valence-corrected chi connectivity index (χ2v) is 9.55. The number of methoxy groups -OCH3 is 1. The van der Waals surface area contributed by atoms with Gasteiger partial charge in [-0.25, -0.2) is 0 Å². The van der Waals surface area contributed by atoms with Gasteiger partial charge in [-0.05, 0) is 55.4 Å². The van der Waals surface area contributed by atoms with E-state index in [0.717, 1.165) is 55.5 Å². The molecule has 172 valence electrons. The molecule has 2 N–H and O–H groups in total.